The van der Waals surface area contributed by atoms with Gasteiger partial charge in [0.2, 0.25) is 0 Å². The number of alkyl halides is 1. The predicted octanol–water partition coefficient (Wildman–Crippen LogP) is 2.81. The molecule has 1 atom stereocenters. The zero-order valence-corrected chi connectivity index (χ0v) is 8.44. The number of nitrogens with two attached hydrogens (primary N) is 1. The Bertz CT molecular complexity index is 292. The molecule has 0 amide bonds. The summed E-state index contributed by atoms with van der Waals surface area (Å²) in [6.07, 6.45) is 0. The van der Waals surface area contributed by atoms with E-state index in [0.717, 1.165) is 5.56 Å². The molecule has 0 radical (unpaired) electrons. The van der Waals surface area contributed by atoms with Crippen molar-refractivity contribution in [3.05, 3.63) is 34.4 Å². The molecule has 0 aliphatic carbocycles. The summed E-state index contributed by atoms with van der Waals surface area (Å²) in [5.74, 6) is 0. The van der Waals surface area contributed by atoms with Crippen LogP contribution in [0.5, 0.6) is 0 Å². The highest BCUT2D eigenvalue weighted by Gasteiger charge is 2.07. The minimum absolute atomic E-state index is 0.385. The standard InChI is InChI=1S/C10H14ClN/c1-6-4-5-9(10(11)12)8(3)7(6)2/h4-5,10H,12H2,1-3H3. The third kappa shape index (κ3) is 1.62. The van der Waals surface area contributed by atoms with Crippen LogP contribution in [-0.2, 0) is 0 Å². The Hall–Kier alpha value is -0.530. The molecule has 2 N–H and O–H groups in total. The molecule has 0 heterocycles. The summed E-state index contributed by atoms with van der Waals surface area (Å²) < 4.78 is 0. The molecule has 1 aromatic carbocycles. The van der Waals surface area contributed by atoms with Gasteiger partial charge in [-0.3, -0.25) is 0 Å². The van der Waals surface area contributed by atoms with Crippen LogP contribution in [0.3, 0.4) is 0 Å². The Morgan fingerprint density at radius 1 is 1.17 bits per heavy atom. The molecule has 0 fully saturated rings. The van der Waals surface area contributed by atoms with Crippen molar-refractivity contribution in [3.63, 3.8) is 0 Å². The van der Waals surface area contributed by atoms with Crippen LogP contribution < -0.4 is 5.73 Å². The van der Waals surface area contributed by atoms with Gasteiger partial charge in [0.05, 0.1) is 0 Å². The first-order valence-electron chi connectivity index (χ1n) is 4.00. The van der Waals surface area contributed by atoms with Gasteiger partial charge in [-0.25, -0.2) is 0 Å². The smallest absolute Gasteiger partial charge is 0.106 e. The van der Waals surface area contributed by atoms with Gasteiger partial charge in [-0.2, -0.15) is 0 Å². The van der Waals surface area contributed by atoms with Crippen LogP contribution in [0.2, 0.25) is 0 Å². The van der Waals surface area contributed by atoms with Gasteiger partial charge in [0.25, 0.3) is 0 Å². The Morgan fingerprint density at radius 3 is 2.25 bits per heavy atom. The van der Waals surface area contributed by atoms with Crippen molar-refractivity contribution in [2.24, 2.45) is 5.73 Å². The third-order valence-electron chi connectivity index (χ3n) is 2.40. The van der Waals surface area contributed by atoms with E-state index in [1.165, 1.54) is 16.7 Å². The molecule has 1 unspecified atom stereocenters. The number of hydrogen-bond donors (Lipinski definition) is 1. The summed E-state index contributed by atoms with van der Waals surface area (Å²) in [6.45, 7) is 6.24. The molecule has 0 aromatic heterocycles. The molecule has 0 saturated heterocycles. The van der Waals surface area contributed by atoms with Crippen molar-refractivity contribution in [3.8, 4) is 0 Å². The maximum absolute atomic E-state index is 5.81. The lowest BCUT2D eigenvalue weighted by Crippen LogP contribution is -2.05. The fraction of sp³-hybridized carbons (Fsp3) is 0.400. The maximum atomic E-state index is 5.81. The summed E-state index contributed by atoms with van der Waals surface area (Å²) in [7, 11) is 0. The summed E-state index contributed by atoms with van der Waals surface area (Å²) >= 11 is 5.81. The van der Waals surface area contributed by atoms with E-state index in [4.69, 9.17) is 17.3 Å². The largest absolute Gasteiger partial charge is 0.312 e. The second kappa shape index (κ2) is 3.46. The summed E-state index contributed by atoms with van der Waals surface area (Å²) in [5, 5.41) is 0. The molecule has 66 valence electrons. The van der Waals surface area contributed by atoms with Crippen LogP contribution in [-0.4, -0.2) is 0 Å². The third-order valence-corrected chi connectivity index (χ3v) is 2.63. The number of hydrogen-bond acceptors (Lipinski definition) is 1. The molecule has 0 aliphatic rings. The highest BCUT2D eigenvalue weighted by atomic mass is 35.5. The van der Waals surface area contributed by atoms with Gasteiger partial charge in [-0.1, -0.05) is 12.1 Å². The zero-order valence-electron chi connectivity index (χ0n) is 7.69. The molecule has 0 spiro atoms. The number of aryl methyl sites for hydroxylation is 1. The van der Waals surface area contributed by atoms with Crippen molar-refractivity contribution in [1.82, 2.24) is 0 Å². The van der Waals surface area contributed by atoms with E-state index in [2.05, 4.69) is 26.8 Å². The normalized spacial score (nSPS) is 13.1. The van der Waals surface area contributed by atoms with Gasteiger partial charge in [-0.15, -0.1) is 11.6 Å². The van der Waals surface area contributed by atoms with Gasteiger partial charge in [-0.05, 0) is 43.0 Å². The van der Waals surface area contributed by atoms with Crippen LogP contribution in [0.25, 0.3) is 0 Å². The van der Waals surface area contributed by atoms with Crippen molar-refractivity contribution >= 4 is 11.6 Å². The first-order chi connectivity index (χ1) is 5.54. The van der Waals surface area contributed by atoms with Crippen LogP contribution in [0.15, 0.2) is 12.1 Å². The minimum atomic E-state index is -0.385. The van der Waals surface area contributed by atoms with Crippen LogP contribution in [0.4, 0.5) is 0 Å². The van der Waals surface area contributed by atoms with Crippen LogP contribution in [0.1, 0.15) is 27.8 Å². The fourth-order valence-corrected chi connectivity index (χ4v) is 1.51. The van der Waals surface area contributed by atoms with Crippen molar-refractivity contribution in [2.45, 2.75) is 26.3 Å². The molecule has 0 bridgehead atoms. The molecule has 1 rings (SSSR count). The molecule has 2 heteroatoms. The summed E-state index contributed by atoms with van der Waals surface area (Å²) in [6, 6.07) is 4.05. The molecule has 0 saturated carbocycles. The van der Waals surface area contributed by atoms with E-state index in [-0.39, 0.29) is 5.50 Å². The lowest BCUT2D eigenvalue weighted by Gasteiger charge is -2.12. The zero-order chi connectivity index (χ0) is 9.30. The molecular weight excluding hydrogens is 170 g/mol. The van der Waals surface area contributed by atoms with E-state index in [0.29, 0.717) is 0 Å². The average molecular weight is 184 g/mol. The van der Waals surface area contributed by atoms with Gasteiger partial charge in [0, 0.05) is 0 Å². The number of benzene rings is 1. The molecule has 0 aliphatic heterocycles. The van der Waals surface area contributed by atoms with E-state index in [1.54, 1.807) is 0 Å². The van der Waals surface area contributed by atoms with Gasteiger partial charge < -0.3 is 5.73 Å². The topological polar surface area (TPSA) is 26.0 Å². The minimum Gasteiger partial charge on any atom is -0.312 e. The average Bonchev–Trinajstić information content (AvgIpc) is 2.00. The molecule has 1 aromatic rings. The Balaban J connectivity index is 3.27. The molecule has 12 heavy (non-hydrogen) atoms. The number of halogens is 1. The summed E-state index contributed by atoms with van der Waals surface area (Å²) in [4.78, 5) is 0. The lowest BCUT2D eigenvalue weighted by atomic mass is 9.99. The monoisotopic (exact) mass is 183 g/mol. The van der Waals surface area contributed by atoms with E-state index < -0.39 is 0 Å². The van der Waals surface area contributed by atoms with Gasteiger partial charge in [0.15, 0.2) is 0 Å². The first kappa shape index (κ1) is 9.56. The lowest BCUT2D eigenvalue weighted by molar-refractivity contribution is 0.990. The second-order valence-electron chi connectivity index (χ2n) is 3.12. The maximum Gasteiger partial charge on any atom is 0.106 e. The van der Waals surface area contributed by atoms with Crippen molar-refractivity contribution < 1.29 is 0 Å². The second-order valence-corrected chi connectivity index (χ2v) is 3.59. The van der Waals surface area contributed by atoms with E-state index in [1.807, 2.05) is 6.07 Å². The van der Waals surface area contributed by atoms with Gasteiger partial charge >= 0.3 is 0 Å². The Morgan fingerprint density at radius 2 is 1.75 bits per heavy atom. The summed E-state index contributed by atoms with van der Waals surface area (Å²) in [5.41, 5.74) is 10.0. The quantitative estimate of drug-likeness (QED) is 0.526. The fourth-order valence-electron chi connectivity index (χ4n) is 1.28. The SMILES string of the molecule is Cc1ccc(C(N)Cl)c(C)c1C. The molecule has 1 nitrogen and oxygen atoms in total. The predicted molar refractivity (Wildman–Crippen MR) is 53.4 cm³/mol. The van der Waals surface area contributed by atoms with Crippen LogP contribution in [0, 0.1) is 20.8 Å². The highest BCUT2D eigenvalue weighted by molar-refractivity contribution is 6.20. The van der Waals surface area contributed by atoms with E-state index >= 15 is 0 Å². The van der Waals surface area contributed by atoms with E-state index in [9.17, 15) is 0 Å². The van der Waals surface area contributed by atoms with Crippen molar-refractivity contribution in [1.29, 1.82) is 0 Å². The Labute approximate surface area is 78.5 Å². The van der Waals surface area contributed by atoms with Gasteiger partial charge in [0.1, 0.15) is 5.50 Å². The molecular formula is C10H14ClN. The highest BCUT2D eigenvalue weighted by Crippen LogP contribution is 2.23. The first-order valence-corrected chi connectivity index (χ1v) is 4.44. The van der Waals surface area contributed by atoms with Crippen molar-refractivity contribution in [2.75, 3.05) is 0 Å². The number of rotatable bonds is 1. The van der Waals surface area contributed by atoms with Crippen LogP contribution >= 0.6 is 11.6 Å². The Kier molecular flexibility index (Phi) is 2.76.